The lowest BCUT2D eigenvalue weighted by atomic mass is 10.0. The van der Waals surface area contributed by atoms with Gasteiger partial charge in [-0.3, -0.25) is 9.63 Å². The number of rotatable bonds is 8. The number of nitrogens with zero attached hydrogens (tertiary/aromatic N) is 2. The molecule has 2 aliphatic heterocycles. The Morgan fingerprint density at radius 1 is 1.24 bits per heavy atom. The highest BCUT2D eigenvalue weighted by Crippen LogP contribution is 2.66. The van der Waals surface area contributed by atoms with Gasteiger partial charge < -0.3 is 9.84 Å². The number of hydrogen-bond donors (Lipinski definition) is 1. The van der Waals surface area contributed by atoms with Gasteiger partial charge in [0.2, 0.25) is 0 Å². The molecule has 1 saturated carbocycles. The number of carbonyl (C=O) groups is 1. The van der Waals surface area contributed by atoms with Crippen LogP contribution in [0.3, 0.4) is 0 Å². The van der Waals surface area contributed by atoms with E-state index in [0.29, 0.717) is 23.3 Å². The first-order valence-corrected chi connectivity index (χ1v) is 12.9. The Morgan fingerprint density at radius 3 is 2.62 bits per heavy atom. The number of aliphatic carboxylic acids is 1. The molecule has 0 spiro atoms. The minimum atomic E-state index is -4.83. The van der Waals surface area contributed by atoms with E-state index in [9.17, 15) is 18.3 Å². The molecule has 0 amide bonds. The summed E-state index contributed by atoms with van der Waals surface area (Å²) in [4.78, 5) is 18.2. The third-order valence-corrected chi connectivity index (χ3v) is 8.76. The zero-order chi connectivity index (χ0) is 24.1. The van der Waals surface area contributed by atoms with Gasteiger partial charge in [0.15, 0.2) is 5.54 Å². The number of sulfonamides is 1. The van der Waals surface area contributed by atoms with Crippen LogP contribution in [-0.2, 0) is 19.7 Å². The number of carboxylic acids is 1. The van der Waals surface area contributed by atoms with E-state index in [1.165, 1.54) is 12.1 Å². The lowest BCUT2D eigenvalue weighted by Gasteiger charge is -2.26. The SMILES string of the molecule is CC[C@@H](ON1CCCC1)c1ccccc1S(=O)(=O)N(F)C1(C(=O)O)[C@@H]2COc3ccccc3[C@H]21. The molecule has 1 saturated heterocycles. The van der Waals surface area contributed by atoms with Crippen LogP contribution in [-0.4, -0.2) is 54.3 Å². The molecular weight excluding hydrogens is 463 g/mol. The first-order chi connectivity index (χ1) is 16.3. The van der Waals surface area contributed by atoms with Gasteiger partial charge in [-0.05, 0) is 35.9 Å². The minimum absolute atomic E-state index is 0.0821. The summed E-state index contributed by atoms with van der Waals surface area (Å²) >= 11 is 0. The van der Waals surface area contributed by atoms with Crippen LogP contribution in [0.5, 0.6) is 5.75 Å². The number of fused-ring (bicyclic) bond motifs is 3. The van der Waals surface area contributed by atoms with E-state index in [4.69, 9.17) is 9.57 Å². The lowest BCUT2D eigenvalue weighted by molar-refractivity contribution is -0.188. The Balaban J connectivity index is 1.53. The second-order valence-electron chi connectivity index (χ2n) is 8.96. The predicted octanol–water partition coefficient (Wildman–Crippen LogP) is 3.67. The molecule has 0 aromatic heterocycles. The Kier molecular flexibility index (Phi) is 5.87. The Morgan fingerprint density at radius 2 is 1.91 bits per heavy atom. The number of benzene rings is 2. The van der Waals surface area contributed by atoms with Crippen LogP contribution in [0.25, 0.3) is 0 Å². The van der Waals surface area contributed by atoms with Crippen molar-refractivity contribution in [1.82, 2.24) is 9.59 Å². The molecule has 5 rings (SSSR count). The van der Waals surface area contributed by atoms with E-state index >= 15 is 4.48 Å². The zero-order valence-corrected chi connectivity index (χ0v) is 19.6. The maximum Gasteiger partial charge on any atom is 0.329 e. The van der Waals surface area contributed by atoms with Gasteiger partial charge in [0, 0.05) is 36.1 Å². The van der Waals surface area contributed by atoms with Gasteiger partial charge in [0.1, 0.15) is 11.9 Å². The molecule has 1 aliphatic carbocycles. The molecule has 2 aromatic carbocycles. The van der Waals surface area contributed by atoms with Gasteiger partial charge in [0.05, 0.1) is 11.5 Å². The van der Waals surface area contributed by atoms with Crippen LogP contribution in [0.4, 0.5) is 4.48 Å². The summed E-state index contributed by atoms with van der Waals surface area (Å²) in [6.45, 7) is 3.26. The van der Waals surface area contributed by atoms with Crippen LogP contribution in [0.1, 0.15) is 49.3 Å². The molecule has 8 nitrogen and oxygen atoms in total. The number of hydroxylamine groups is 2. The van der Waals surface area contributed by atoms with Crippen LogP contribution < -0.4 is 4.74 Å². The molecule has 1 N–H and O–H groups in total. The first-order valence-electron chi connectivity index (χ1n) is 11.5. The third kappa shape index (κ3) is 3.43. The zero-order valence-electron chi connectivity index (χ0n) is 18.8. The van der Waals surface area contributed by atoms with Gasteiger partial charge in [-0.15, -0.1) is 4.48 Å². The van der Waals surface area contributed by atoms with E-state index in [1.54, 1.807) is 41.5 Å². The van der Waals surface area contributed by atoms with Crippen LogP contribution in [0.15, 0.2) is 53.4 Å². The van der Waals surface area contributed by atoms with Crippen molar-refractivity contribution in [3.8, 4) is 5.75 Å². The van der Waals surface area contributed by atoms with E-state index in [1.807, 2.05) is 6.92 Å². The van der Waals surface area contributed by atoms with Crippen molar-refractivity contribution < 1.29 is 32.4 Å². The molecular formula is C24H27FN2O6S. The van der Waals surface area contributed by atoms with Crippen molar-refractivity contribution in [2.75, 3.05) is 19.7 Å². The summed E-state index contributed by atoms with van der Waals surface area (Å²) in [7, 11) is -4.83. The van der Waals surface area contributed by atoms with Gasteiger partial charge >= 0.3 is 5.97 Å². The average Bonchev–Trinajstić information content (AvgIpc) is 3.27. The highest BCUT2D eigenvalue weighted by atomic mass is 32.2. The second-order valence-corrected chi connectivity index (χ2v) is 10.7. The van der Waals surface area contributed by atoms with E-state index in [0.717, 1.165) is 25.9 Å². The number of ether oxygens (including phenoxy) is 1. The molecule has 0 bridgehead atoms. The van der Waals surface area contributed by atoms with Crippen LogP contribution >= 0.6 is 0 Å². The van der Waals surface area contributed by atoms with Crippen molar-refractivity contribution >= 4 is 16.0 Å². The fourth-order valence-corrected chi connectivity index (χ4v) is 7.01. The summed E-state index contributed by atoms with van der Waals surface area (Å²) in [6, 6.07) is 12.8. The molecule has 2 aromatic rings. The molecule has 4 atom stereocenters. The maximum atomic E-state index is 16.1. The van der Waals surface area contributed by atoms with Crippen molar-refractivity contribution in [1.29, 1.82) is 0 Å². The quantitative estimate of drug-likeness (QED) is 0.564. The minimum Gasteiger partial charge on any atom is -0.493 e. The van der Waals surface area contributed by atoms with Crippen molar-refractivity contribution in [2.24, 2.45) is 5.92 Å². The van der Waals surface area contributed by atoms with Gasteiger partial charge in [0.25, 0.3) is 10.0 Å². The van der Waals surface area contributed by atoms with Crippen molar-refractivity contribution in [2.45, 2.75) is 48.6 Å². The standard InChI is InChI=1S/C24H27FN2O6S/c1-2-19(33-26-13-7-8-14-26)16-9-4-6-12-21(16)34(30,31)27(25)24(23(28)29)18-15-32-20-11-5-3-10-17(20)22(18)24/h3-6,9-12,18-19,22H,2,7-8,13-15H2,1H3,(H,28,29)/t18-,19-,22-,24?/m1/s1. The monoisotopic (exact) mass is 490 g/mol. The number of hydrogen-bond acceptors (Lipinski definition) is 6. The maximum absolute atomic E-state index is 16.1. The lowest BCUT2D eigenvalue weighted by Crippen LogP contribution is -2.45. The molecule has 10 heteroatoms. The fourth-order valence-electron chi connectivity index (χ4n) is 5.37. The number of para-hydroxylation sites is 1. The molecule has 1 unspecified atom stereocenters. The average molecular weight is 491 g/mol. The Labute approximate surface area is 197 Å². The predicted molar refractivity (Wildman–Crippen MR) is 120 cm³/mol. The summed E-state index contributed by atoms with van der Waals surface area (Å²) in [5.74, 6) is -2.77. The van der Waals surface area contributed by atoms with Gasteiger partial charge in [-0.1, -0.05) is 43.3 Å². The molecule has 2 fully saturated rings. The van der Waals surface area contributed by atoms with Crippen LogP contribution in [0.2, 0.25) is 0 Å². The summed E-state index contributed by atoms with van der Waals surface area (Å²) in [5, 5.41) is 11.9. The fraction of sp³-hybridized carbons (Fsp3) is 0.458. The first kappa shape index (κ1) is 23.2. The second kappa shape index (κ2) is 8.60. The topological polar surface area (TPSA) is 96.4 Å². The molecule has 2 heterocycles. The normalized spacial score (nSPS) is 27.0. The third-order valence-electron chi connectivity index (χ3n) is 7.11. The largest absolute Gasteiger partial charge is 0.493 e. The van der Waals surface area contributed by atoms with Gasteiger partial charge in [-0.2, -0.15) is 5.06 Å². The Bertz CT molecular complexity index is 1200. The highest BCUT2D eigenvalue weighted by molar-refractivity contribution is 7.89. The molecule has 0 radical (unpaired) electrons. The molecule has 34 heavy (non-hydrogen) atoms. The number of carboxylic acid groups (broad SMARTS) is 1. The highest BCUT2D eigenvalue weighted by Gasteiger charge is 2.79. The summed E-state index contributed by atoms with van der Waals surface area (Å²) in [6.07, 6.45) is 1.83. The van der Waals surface area contributed by atoms with Crippen molar-refractivity contribution in [3.05, 3.63) is 59.7 Å². The van der Waals surface area contributed by atoms with Crippen molar-refractivity contribution in [3.63, 3.8) is 0 Å². The summed E-state index contributed by atoms with van der Waals surface area (Å²) < 4.78 is 48.5. The van der Waals surface area contributed by atoms with E-state index in [2.05, 4.69) is 0 Å². The van der Waals surface area contributed by atoms with E-state index in [-0.39, 0.29) is 11.5 Å². The summed E-state index contributed by atoms with van der Waals surface area (Å²) in [5.41, 5.74) is -1.47. The smallest absolute Gasteiger partial charge is 0.329 e. The van der Waals surface area contributed by atoms with E-state index < -0.39 is 44.0 Å². The number of halogens is 1. The van der Waals surface area contributed by atoms with Crippen LogP contribution in [0, 0.1) is 5.92 Å². The van der Waals surface area contributed by atoms with Gasteiger partial charge in [-0.25, -0.2) is 8.42 Å². The molecule has 3 aliphatic rings. The Hall–Kier alpha value is -2.53. The molecule has 182 valence electrons.